The zero-order valence-electron chi connectivity index (χ0n) is 21.1. The molecule has 0 amide bonds. The highest BCUT2D eigenvalue weighted by Crippen LogP contribution is 2.35. The highest BCUT2D eigenvalue weighted by Gasteiger charge is 2.16. The molecule has 0 spiro atoms. The fourth-order valence-electron chi connectivity index (χ4n) is 5.72. The molecule has 2 aliphatic rings. The molecule has 0 N–H and O–H groups in total. The van der Waals surface area contributed by atoms with E-state index in [2.05, 4.69) is 74.5 Å². The molecule has 0 aromatic heterocycles. The van der Waals surface area contributed by atoms with Gasteiger partial charge >= 0.3 is 0 Å². The molecule has 4 rings (SSSR count). The lowest BCUT2D eigenvalue weighted by Gasteiger charge is -2.22. The van der Waals surface area contributed by atoms with Crippen LogP contribution in [-0.2, 0) is 0 Å². The average molecular weight is 441 g/mol. The van der Waals surface area contributed by atoms with Gasteiger partial charge in [-0.15, -0.1) is 0 Å². The van der Waals surface area contributed by atoms with E-state index in [0.717, 1.165) is 11.8 Å². The van der Waals surface area contributed by atoms with E-state index in [1.807, 2.05) is 0 Å². The van der Waals surface area contributed by atoms with Gasteiger partial charge in [-0.25, -0.2) is 0 Å². The van der Waals surface area contributed by atoms with Crippen LogP contribution in [0.25, 0.3) is 22.3 Å². The first-order valence-corrected chi connectivity index (χ1v) is 13.9. The maximum atomic E-state index is 2.53. The number of unbranched alkanes of at least 4 members (excludes halogenated alkanes) is 4. The first-order chi connectivity index (χ1) is 16.3. The normalized spacial score (nSPS) is 20.9. The maximum Gasteiger partial charge on any atom is -0.0184 e. The summed E-state index contributed by atoms with van der Waals surface area (Å²) in [7, 11) is 0. The first-order valence-electron chi connectivity index (χ1n) is 13.9. The maximum absolute atomic E-state index is 2.53. The fourth-order valence-corrected chi connectivity index (χ4v) is 5.72. The Hall–Kier alpha value is -2.08. The molecule has 0 heteroatoms. The highest BCUT2D eigenvalue weighted by atomic mass is 14.2. The van der Waals surface area contributed by atoms with Crippen LogP contribution in [0.1, 0.15) is 108 Å². The van der Waals surface area contributed by atoms with Crippen LogP contribution in [0.4, 0.5) is 0 Å². The van der Waals surface area contributed by atoms with Gasteiger partial charge in [-0.05, 0) is 83.8 Å². The van der Waals surface area contributed by atoms with Gasteiger partial charge in [0.2, 0.25) is 0 Å². The predicted molar refractivity (Wildman–Crippen MR) is 146 cm³/mol. The Balaban J connectivity index is 1.31. The molecular weight excluding hydrogens is 396 g/mol. The molecule has 2 aromatic carbocycles. The summed E-state index contributed by atoms with van der Waals surface area (Å²) in [6.45, 7) is 4.62. The van der Waals surface area contributed by atoms with Crippen LogP contribution in [0.3, 0.4) is 0 Å². The minimum absolute atomic E-state index is 0.896. The van der Waals surface area contributed by atoms with Crippen molar-refractivity contribution in [2.24, 2.45) is 11.8 Å². The van der Waals surface area contributed by atoms with Crippen molar-refractivity contribution in [2.45, 2.75) is 97.3 Å². The minimum Gasteiger partial charge on any atom is -0.0804 e. The lowest BCUT2D eigenvalue weighted by Crippen LogP contribution is -2.05. The van der Waals surface area contributed by atoms with Crippen LogP contribution in [0, 0.1) is 11.8 Å². The highest BCUT2D eigenvalue weighted by molar-refractivity contribution is 5.73. The number of hydrogen-bond acceptors (Lipinski definition) is 0. The Kier molecular flexibility index (Phi) is 9.04. The van der Waals surface area contributed by atoms with Crippen molar-refractivity contribution in [3.8, 4) is 11.1 Å². The van der Waals surface area contributed by atoms with E-state index in [-0.39, 0.29) is 0 Å². The van der Waals surface area contributed by atoms with Gasteiger partial charge in [0.25, 0.3) is 0 Å². The molecule has 2 unspecified atom stereocenters. The molecule has 0 bridgehead atoms. The zero-order valence-corrected chi connectivity index (χ0v) is 21.1. The summed E-state index contributed by atoms with van der Waals surface area (Å²) in [5, 5.41) is 0. The van der Waals surface area contributed by atoms with Gasteiger partial charge < -0.3 is 0 Å². The summed E-state index contributed by atoms with van der Waals surface area (Å²) in [6.07, 6.45) is 22.5. The molecule has 0 fully saturated rings. The summed E-state index contributed by atoms with van der Waals surface area (Å²) in [4.78, 5) is 0. The van der Waals surface area contributed by atoms with Crippen LogP contribution in [-0.4, -0.2) is 0 Å². The first kappa shape index (κ1) is 24.1. The Morgan fingerprint density at radius 1 is 0.576 bits per heavy atom. The smallest absolute Gasteiger partial charge is 0.0184 e. The number of benzene rings is 2. The third kappa shape index (κ3) is 6.72. The second-order valence-corrected chi connectivity index (χ2v) is 10.5. The van der Waals surface area contributed by atoms with Crippen LogP contribution < -0.4 is 0 Å². The van der Waals surface area contributed by atoms with Crippen LogP contribution in [0.2, 0.25) is 0 Å². The molecule has 0 saturated carbocycles. The molecule has 176 valence electrons. The van der Waals surface area contributed by atoms with Gasteiger partial charge in [0.1, 0.15) is 0 Å². The van der Waals surface area contributed by atoms with Gasteiger partial charge in [-0.2, -0.15) is 0 Å². The van der Waals surface area contributed by atoms with Gasteiger partial charge in [-0.1, -0.05) is 119 Å². The summed E-state index contributed by atoms with van der Waals surface area (Å²) >= 11 is 0. The summed E-state index contributed by atoms with van der Waals surface area (Å²) in [6, 6.07) is 18.6. The SMILES string of the molecule is CCCCCCCC1CC=C(c2ccc(-c3ccc(C4=CCC(CC)CC4)cc3)cc2)CC1. The second-order valence-electron chi connectivity index (χ2n) is 10.5. The van der Waals surface area contributed by atoms with Gasteiger partial charge in [0.15, 0.2) is 0 Å². The van der Waals surface area contributed by atoms with E-state index < -0.39 is 0 Å². The molecule has 0 saturated heterocycles. The second kappa shape index (κ2) is 12.4. The molecule has 0 radical (unpaired) electrons. The van der Waals surface area contributed by atoms with E-state index >= 15 is 0 Å². The van der Waals surface area contributed by atoms with E-state index in [0.29, 0.717) is 0 Å². The van der Waals surface area contributed by atoms with Crippen molar-refractivity contribution in [3.63, 3.8) is 0 Å². The fraction of sp³-hybridized carbons (Fsp3) is 0.515. The summed E-state index contributed by atoms with van der Waals surface area (Å²) in [5.74, 6) is 1.81. The van der Waals surface area contributed by atoms with Crippen molar-refractivity contribution in [1.29, 1.82) is 0 Å². The van der Waals surface area contributed by atoms with E-state index in [1.54, 1.807) is 11.1 Å². The number of allylic oxidation sites excluding steroid dienone is 4. The van der Waals surface area contributed by atoms with Crippen LogP contribution >= 0.6 is 0 Å². The topological polar surface area (TPSA) is 0 Å². The Morgan fingerprint density at radius 2 is 1.06 bits per heavy atom. The van der Waals surface area contributed by atoms with E-state index in [9.17, 15) is 0 Å². The third-order valence-electron chi connectivity index (χ3n) is 8.18. The molecule has 0 heterocycles. The quantitative estimate of drug-likeness (QED) is 0.322. The monoisotopic (exact) mass is 440 g/mol. The third-order valence-corrected chi connectivity index (χ3v) is 8.18. The molecule has 2 atom stereocenters. The van der Waals surface area contributed by atoms with Gasteiger partial charge in [0.05, 0.1) is 0 Å². The number of hydrogen-bond donors (Lipinski definition) is 0. The largest absolute Gasteiger partial charge is 0.0804 e. The van der Waals surface area contributed by atoms with Gasteiger partial charge in [-0.3, -0.25) is 0 Å². The lowest BCUT2D eigenvalue weighted by atomic mass is 9.83. The van der Waals surface area contributed by atoms with Gasteiger partial charge in [0, 0.05) is 0 Å². The Bertz CT molecular complexity index is 910. The molecule has 33 heavy (non-hydrogen) atoms. The molecule has 0 nitrogen and oxygen atoms in total. The minimum atomic E-state index is 0.896. The van der Waals surface area contributed by atoms with Crippen molar-refractivity contribution < 1.29 is 0 Å². The molecule has 2 aromatic rings. The predicted octanol–water partition coefficient (Wildman–Crippen LogP) is 10.5. The summed E-state index contributed by atoms with van der Waals surface area (Å²) < 4.78 is 0. The Morgan fingerprint density at radius 3 is 1.52 bits per heavy atom. The van der Waals surface area contributed by atoms with Crippen molar-refractivity contribution in [2.75, 3.05) is 0 Å². The molecule has 2 aliphatic carbocycles. The zero-order chi connectivity index (χ0) is 22.9. The van der Waals surface area contributed by atoms with E-state index in [4.69, 9.17) is 0 Å². The number of rotatable bonds is 10. The van der Waals surface area contributed by atoms with Crippen molar-refractivity contribution in [1.82, 2.24) is 0 Å². The van der Waals surface area contributed by atoms with Crippen LogP contribution in [0.15, 0.2) is 60.7 Å². The van der Waals surface area contributed by atoms with Crippen molar-refractivity contribution >= 4 is 11.1 Å². The van der Waals surface area contributed by atoms with E-state index in [1.165, 1.54) is 106 Å². The van der Waals surface area contributed by atoms with Crippen molar-refractivity contribution in [3.05, 3.63) is 71.8 Å². The van der Waals surface area contributed by atoms with Crippen LogP contribution in [0.5, 0.6) is 0 Å². The lowest BCUT2D eigenvalue weighted by molar-refractivity contribution is 0.423. The molecule has 0 aliphatic heterocycles. The average Bonchev–Trinajstić information content (AvgIpc) is 2.89. The summed E-state index contributed by atoms with van der Waals surface area (Å²) in [5.41, 5.74) is 8.61. The standard InChI is InChI=1S/C33H44/c1-3-5-6-7-8-9-27-12-16-29(17-13-27)31-20-24-33(25-21-31)32-22-18-30(19-23-32)28-14-10-26(4-2)11-15-28/h14,16,18-27H,3-13,15,17H2,1-2H3. The molecular formula is C33H44. The Labute approximate surface area is 203 Å².